The zero-order valence-corrected chi connectivity index (χ0v) is 21.0. The fourth-order valence-corrected chi connectivity index (χ4v) is 4.51. The number of benzene rings is 2. The molecule has 0 bridgehead atoms. The van der Waals surface area contributed by atoms with Crippen LogP contribution in [0.25, 0.3) is 16.6 Å². The molecule has 0 aliphatic heterocycles. The van der Waals surface area contributed by atoms with Crippen molar-refractivity contribution < 1.29 is 4.79 Å². The van der Waals surface area contributed by atoms with Crippen LogP contribution in [-0.2, 0) is 4.79 Å². The highest BCUT2D eigenvalue weighted by atomic mass is 35.5. The molecule has 176 valence electrons. The minimum absolute atomic E-state index is 0.0261. The third kappa shape index (κ3) is 5.30. The highest BCUT2D eigenvalue weighted by molar-refractivity contribution is 6.31. The van der Waals surface area contributed by atoms with Crippen LogP contribution in [-0.4, -0.2) is 26.9 Å². The summed E-state index contributed by atoms with van der Waals surface area (Å²) in [7, 11) is 0. The molecule has 2 atom stereocenters. The molecule has 2 unspecified atom stereocenters. The van der Waals surface area contributed by atoms with Crippen molar-refractivity contribution in [3.8, 4) is 5.69 Å². The second-order valence-electron chi connectivity index (χ2n) is 8.66. The number of carbonyl (C=O) groups is 1. The van der Waals surface area contributed by atoms with E-state index >= 15 is 0 Å². The molecule has 2 aromatic carbocycles. The third-order valence-corrected chi connectivity index (χ3v) is 6.60. The number of halogens is 1. The van der Waals surface area contributed by atoms with Crippen molar-refractivity contribution >= 4 is 28.4 Å². The van der Waals surface area contributed by atoms with Gasteiger partial charge in [-0.05, 0) is 63.9 Å². The van der Waals surface area contributed by atoms with E-state index in [2.05, 4.69) is 13.8 Å². The first-order valence-electron chi connectivity index (χ1n) is 11.9. The zero-order valence-electron chi connectivity index (χ0n) is 20.3. The van der Waals surface area contributed by atoms with E-state index in [4.69, 9.17) is 16.6 Å². The molecule has 0 saturated heterocycles. The summed E-state index contributed by atoms with van der Waals surface area (Å²) in [5.74, 6) is 0.637. The number of nitrogens with zero attached hydrogens (tertiary/aromatic N) is 3. The number of aryl methyl sites for hydroxylation is 1. The van der Waals surface area contributed by atoms with Gasteiger partial charge in [0.05, 0.1) is 22.6 Å². The Bertz CT molecular complexity index is 1170. The number of amides is 1. The number of hydrogen-bond acceptors (Lipinski definition) is 3. The first-order valence-corrected chi connectivity index (χ1v) is 12.3. The van der Waals surface area contributed by atoms with Crippen LogP contribution in [0.5, 0.6) is 0 Å². The monoisotopic (exact) mass is 467 g/mol. The quantitative estimate of drug-likeness (QED) is 0.362. The molecule has 1 heterocycles. The largest absolute Gasteiger partial charge is 0.333 e. The summed E-state index contributed by atoms with van der Waals surface area (Å²) in [6.07, 6.45) is 3.76. The lowest BCUT2D eigenvalue weighted by Gasteiger charge is -2.32. The van der Waals surface area contributed by atoms with E-state index < -0.39 is 0 Å². The van der Waals surface area contributed by atoms with Gasteiger partial charge in [0.25, 0.3) is 5.56 Å². The summed E-state index contributed by atoms with van der Waals surface area (Å²) in [4.78, 5) is 33.9. The van der Waals surface area contributed by atoms with Crippen LogP contribution in [0.2, 0.25) is 5.02 Å². The number of fused-ring (bicyclic) bond motifs is 1. The molecule has 0 spiro atoms. The minimum Gasteiger partial charge on any atom is -0.333 e. The average molecular weight is 468 g/mol. The van der Waals surface area contributed by atoms with Crippen molar-refractivity contribution in [2.24, 2.45) is 5.92 Å². The van der Waals surface area contributed by atoms with Gasteiger partial charge in [0.2, 0.25) is 5.91 Å². The lowest BCUT2D eigenvalue weighted by molar-refractivity contribution is -0.138. The van der Waals surface area contributed by atoms with E-state index in [1.165, 1.54) is 0 Å². The van der Waals surface area contributed by atoms with Crippen LogP contribution >= 0.6 is 11.6 Å². The Morgan fingerprint density at radius 3 is 2.42 bits per heavy atom. The molecule has 0 aliphatic carbocycles. The molecule has 0 aliphatic rings. The zero-order chi connectivity index (χ0) is 24.1. The van der Waals surface area contributed by atoms with Gasteiger partial charge in [-0.15, -0.1) is 0 Å². The van der Waals surface area contributed by atoms with E-state index in [9.17, 15) is 9.59 Å². The highest BCUT2D eigenvalue weighted by Gasteiger charge is 2.29. The fraction of sp³-hybridized carbons (Fsp3) is 0.444. The van der Waals surface area contributed by atoms with Crippen molar-refractivity contribution in [2.75, 3.05) is 6.54 Å². The number of aromatic nitrogens is 2. The summed E-state index contributed by atoms with van der Waals surface area (Å²) in [6.45, 7) is 10.7. The highest BCUT2D eigenvalue weighted by Crippen LogP contribution is 2.27. The van der Waals surface area contributed by atoms with Crippen molar-refractivity contribution in [1.82, 2.24) is 14.5 Å². The normalized spacial score (nSPS) is 13.2. The second-order valence-corrected chi connectivity index (χ2v) is 9.09. The molecular formula is C27H34ClN3O2. The lowest BCUT2D eigenvalue weighted by atomic mass is 9.97. The Kier molecular flexibility index (Phi) is 8.30. The van der Waals surface area contributed by atoms with Crippen molar-refractivity contribution in [2.45, 2.75) is 66.3 Å². The minimum atomic E-state index is -0.379. The van der Waals surface area contributed by atoms with Gasteiger partial charge in [-0.2, -0.15) is 0 Å². The molecule has 1 amide bonds. The van der Waals surface area contributed by atoms with Gasteiger partial charge in [-0.25, -0.2) is 4.98 Å². The summed E-state index contributed by atoms with van der Waals surface area (Å²) in [5.41, 5.74) is 2.22. The van der Waals surface area contributed by atoms with Gasteiger partial charge in [-0.3, -0.25) is 14.2 Å². The Labute approximate surface area is 201 Å². The Morgan fingerprint density at radius 1 is 1.12 bits per heavy atom. The summed E-state index contributed by atoms with van der Waals surface area (Å²) < 4.78 is 1.64. The topological polar surface area (TPSA) is 55.2 Å². The maximum absolute atomic E-state index is 13.6. The molecule has 5 nitrogen and oxygen atoms in total. The fourth-order valence-electron chi connectivity index (χ4n) is 4.35. The van der Waals surface area contributed by atoms with Crippen LogP contribution in [0.4, 0.5) is 0 Å². The maximum Gasteiger partial charge on any atom is 0.266 e. The van der Waals surface area contributed by atoms with Crippen LogP contribution in [0.15, 0.2) is 47.3 Å². The van der Waals surface area contributed by atoms with Crippen molar-refractivity contribution in [3.63, 3.8) is 0 Å². The Hall–Kier alpha value is -2.66. The van der Waals surface area contributed by atoms with Gasteiger partial charge in [0, 0.05) is 17.5 Å². The molecule has 6 heteroatoms. The Morgan fingerprint density at radius 2 is 1.82 bits per heavy atom. The first kappa shape index (κ1) is 25.0. The van der Waals surface area contributed by atoms with Gasteiger partial charge in [-0.1, -0.05) is 56.0 Å². The number of rotatable bonds is 9. The molecular weight excluding hydrogens is 434 g/mol. The van der Waals surface area contributed by atoms with Crippen LogP contribution < -0.4 is 5.56 Å². The van der Waals surface area contributed by atoms with Crippen LogP contribution in [0, 0.1) is 12.8 Å². The SMILES string of the molecule is CCCCC(CC)C(=O)N(CC)C(C)c1nc2cc(Cl)ccc2c(=O)n1-c1ccc(C)cc1. The third-order valence-electron chi connectivity index (χ3n) is 6.36. The Balaban J connectivity index is 2.18. The average Bonchev–Trinajstić information content (AvgIpc) is 2.80. The molecule has 3 aromatic rings. The summed E-state index contributed by atoms with van der Waals surface area (Å²) in [6, 6.07) is 12.5. The van der Waals surface area contributed by atoms with Gasteiger partial charge in [0.1, 0.15) is 5.82 Å². The predicted molar refractivity (Wildman–Crippen MR) is 136 cm³/mol. The standard InChI is InChI=1S/C27H34ClN3O2/c1-6-9-10-20(7-2)26(32)30(8-3)19(5)25-29-24-17-21(28)13-16-23(24)27(33)31(25)22-14-11-18(4)12-15-22/h11-17,19-20H,6-10H2,1-5H3. The van der Waals surface area contributed by atoms with E-state index in [0.717, 1.165) is 36.9 Å². The van der Waals surface area contributed by atoms with E-state index in [0.29, 0.717) is 28.3 Å². The first-order chi connectivity index (χ1) is 15.8. The van der Waals surface area contributed by atoms with Gasteiger partial charge >= 0.3 is 0 Å². The van der Waals surface area contributed by atoms with E-state index in [1.807, 2.05) is 49.9 Å². The maximum atomic E-state index is 13.6. The molecule has 33 heavy (non-hydrogen) atoms. The van der Waals surface area contributed by atoms with E-state index in [-0.39, 0.29) is 23.4 Å². The molecule has 0 radical (unpaired) electrons. The van der Waals surface area contributed by atoms with Crippen molar-refractivity contribution in [1.29, 1.82) is 0 Å². The molecule has 0 saturated carbocycles. The predicted octanol–water partition coefficient (Wildman–Crippen LogP) is 6.47. The summed E-state index contributed by atoms with van der Waals surface area (Å²) >= 11 is 6.21. The number of hydrogen-bond donors (Lipinski definition) is 0. The van der Waals surface area contributed by atoms with Crippen molar-refractivity contribution in [3.05, 3.63) is 69.2 Å². The molecule has 1 aromatic heterocycles. The lowest BCUT2D eigenvalue weighted by Crippen LogP contribution is -2.40. The molecule has 0 fully saturated rings. The second kappa shape index (κ2) is 11.0. The number of unbranched alkanes of at least 4 members (excludes halogenated alkanes) is 1. The molecule has 3 rings (SSSR count). The number of carbonyl (C=O) groups excluding carboxylic acids is 1. The summed E-state index contributed by atoms with van der Waals surface area (Å²) in [5, 5.41) is 1.02. The molecule has 0 N–H and O–H groups in total. The van der Waals surface area contributed by atoms with Crippen LogP contribution in [0.1, 0.15) is 70.8 Å². The van der Waals surface area contributed by atoms with Crippen LogP contribution in [0.3, 0.4) is 0 Å². The van der Waals surface area contributed by atoms with Gasteiger partial charge < -0.3 is 4.90 Å². The smallest absolute Gasteiger partial charge is 0.266 e. The van der Waals surface area contributed by atoms with Gasteiger partial charge in [0.15, 0.2) is 0 Å². The van der Waals surface area contributed by atoms with E-state index in [1.54, 1.807) is 22.8 Å².